The van der Waals surface area contributed by atoms with Gasteiger partial charge in [-0.2, -0.15) is 0 Å². The van der Waals surface area contributed by atoms with Crippen molar-refractivity contribution in [1.82, 2.24) is 9.97 Å². The minimum Gasteiger partial charge on any atom is -0.353 e. The molecule has 0 N–H and O–H groups in total. The van der Waals surface area contributed by atoms with E-state index in [2.05, 4.69) is 21.8 Å². The molecule has 1 aliphatic rings. The largest absolute Gasteiger partial charge is 0.353 e. The van der Waals surface area contributed by atoms with Crippen LogP contribution in [0.25, 0.3) is 0 Å². The van der Waals surface area contributed by atoms with E-state index in [1.807, 2.05) is 0 Å². The summed E-state index contributed by atoms with van der Waals surface area (Å²) < 4.78 is 0. The zero-order valence-electron chi connectivity index (χ0n) is 7.57. The Morgan fingerprint density at radius 1 is 1.54 bits per heavy atom. The van der Waals surface area contributed by atoms with Crippen LogP contribution in [-0.2, 0) is 0 Å². The van der Waals surface area contributed by atoms with Crippen LogP contribution >= 0.6 is 11.6 Å². The van der Waals surface area contributed by atoms with Crippen LogP contribution in [-0.4, -0.2) is 22.6 Å². The van der Waals surface area contributed by atoms with Crippen LogP contribution in [0.5, 0.6) is 0 Å². The van der Waals surface area contributed by atoms with Gasteiger partial charge in [0, 0.05) is 12.6 Å². The van der Waals surface area contributed by atoms with Crippen LogP contribution < -0.4 is 4.90 Å². The van der Waals surface area contributed by atoms with E-state index in [1.54, 1.807) is 12.4 Å². The summed E-state index contributed by atoms with van der Waals surface area (Å²) in [6.07, 6.45) is 5.86. The minimum atomic E-state index is 0.469. The quantitative estimate of drug-likeness (QED) is 0.744. The molecule has 0 radical (unpaired) electrons. The number of nitrogens with zero attached hydrogens (tertiary/aromatic N) is 3. The summed E-state index contributed by atoms with van der Waals surface area (Å²) >= 11 is 5.77. The summed E-state index contributed by atoms with van der Waals surface area (Å²) in [5, 5.41) is 0.469. The fourth-order valence-electron chi connectivity index (χ4n) is 1.46. The fraction of sp³-hybridized carbons (Fsp3) is 0.556. The molecule has 1 heterocycles. The van der Waals surface area contributed by atoms with Crippen molar-refractivity contribution in [3.8, 4) is 0 Å². The van der Waals surface area contributed by atoms with Gasteiger partial charge in [0.25, 0.3) is 0 Å². The van der Waals surface area contributed by atoms with E-state index >= 15 is 0 Å². The molecule has 0 spiro atoms. The number of aromatic nitrogens is 2. The first kappa shape index (κ1) is 8.75. The molecule has 2 rings (SSSR count). The van der Waals surface area contributed by atoms with E-state index in [9.17, 15) is 0 Å². The van der Waals surface area contributed by atoms with Crippen molar-refractivity contribution in [3.63, 3.8) is 0 Å². The third kappa shape index (κ3) is 1.91. The molecule has 1 saturated carbocycles. The highest BCUT2D eigenvalue weighted by Crippen LogP contribution is 2.30. The maximum atomic E-state index is 5.77. The number of hydrogen-bond donors (Lipinski definition) is 0. The van der Waals surface area contributed by atoms with Crippen molar-refractivity contribution in [1.29, 1.82) is 0 Å². The summed E-state index contributed by atoms with van der Waals surface area (Å²) in [4.78, 5) is 10.5. The van der Waals surface area contributed by atoms with Crippen LogP contribution in [0.15, 0.2) is 12.4 Å². The first-order chi connectivity index (χ1) is 6.31. The third-order valence-electron chi connectivity index (χ3n) is 2.22. The lowest BCUT2D eigenvalue weighted by molar-refractivity contribution is 0.804. The lowest BCUT2D eigenvalue weighted by Crippen LogP contribution is -2.26. The van der Waals surface area contributed by atoms with Gasteiger partial charge in [-0.05, 0) is 19.8 Å². The maximum Gasteiger partial charge on any atom is 0.149 e. The Morgan fingerprint density at radius 3 is 2.85 bits per heavy atom. The predicted molar refractivity (Wildman–Crippen MR) is 53.1 cm³/mol. The summed E-state index contributed by atoms with van der Waals surface area (Å²) in [6, 6.07) is 0.665. The van der Waals surface area contributed by atoms with Gasteiger partial charge in [-0.1, -0.05) is 11.6 Å². The van der Waals surface area contributed by atoms with Crippen molar-refractivity contribution in [3.05, 3.63) is 17.5 Å². The van der Waals surface area contributed by atoms with Crippen molar-refractivity contribution < 1.29 is 0 Å². The monoisotopic (exact) mass is 197 g/mol. The number of hydrogen-bond acceptors (Lipinski definition) is 3. The second kappa shape index (κ2) is 3.50. The van der Waals surface area contributed by atoms with Crippen molar-refractivity contribution in [2.24, 2.45) is 0 Å². The van der Waals surface area contributed by atoms with Gasteiger partial charge in [0.15, 0.2) is 0 Å². The molecule has 0 atom stereocenters. The van der Waals surface area contributed by atoms with Crippen molar-refractivity contribution in [2.75, 3.05) is 11.4 Å². The minimum absolute atomic E-state index is 0.469. The molecule has 0 saturated heterocycles. The third-order valence-corrected chi connectivity index (χ3v) is 2.40. The zero-order valence-corrected chi connectivity index (χ0v) is 8.33. The van der Waals surface area contributed by atoms with Gasteiger partial charge in [0.05, 0.1) is 12.4 Å². The van der Waals surface area contributed by atoms with E-state index in [1.165, 1.54) is 12.8 Å². The Balaban J connectivity index is 2.21. The number of rotatable bonds is 3. The molecule has 3 nitrogen and oxygen atoms in total. The highest BCUT2D eigenvalue weighted by atomic mass is 35.5. The first-order valence-electron chi connectivity index (χ1n) is 4.55. The van der Waals surface area contributed by atoms with Crippen molar-refractivity contribution >= 4 is 17.4 Å². The Kier molecular flexibility index (Phi) is 2.36. The Morgan fingerprint density at radius 2 is 2.31 bits per heavy atom. The van der Waals surface area contributed by atoms with Gasteiger partial charge in [0.2, 0.25) is 0 Å². The summed E-state index contributed by atoms with van der Waals surface area (Å²) in [6.45, 7) is 3.10. The molecule has 70 valence electrons. The Hall–Kier alpha value is -0.830. The van der Waals surface area contributed by atoms with Crippen LogP contribution in [0.4, 0.5) is 5.82 Å². The molecule has 13 heavy (non-hydrogen) atoms. The molecule has 4 heteroatoms. The van der Waals surface area contributed by atoms with Gasteiger partial charge in [-0.15, -0.1) is 0 Å². The Labute approximate surface area is 82.8 Å². The highest BCUT2D eigenvalue weighted by Gasteiger charge is 2.28. The second-order valence-electron chi connectivity index (χ2n) is 3.22. The average molecular weight is 198 g/mol. The van der Waals surface area contributed by atoms with E-state index in [0.29, 0.717) is 11.2 Å². The molecule has 1 aromatic rings. The molecule has 1 aliphatic carbocycles. The summed E-state index contributed by atoms with van der Waals surface area (Å²) in [7, 11) is 0. The normalized spacial score (nSPS) is 15.8. The molecule has 0 amide bonds. The van der Waals surface area contributed by atoms with Crippen LogP contribution in [0.1, 0.15) is 19.8 Å². The molecular weight excluding hydrogens is 186 g/mol. The standard InChI is InChI=1S/C9H12ClN3/c1-2-13(7-3-4-7)9-6-11-5-8(10)12-9/h5-7H,2-4H2,1H3. The summed E-state index contributed by atoms with van der Waals surface area (Å²) in [5.41, 5.74) is 0. The SMILES string of the molecule is CCN(c1cncc(Cl)n1)C1CC1. The smallest absolute Gasteiger partial charge is 0.149 e. The fourth-order valence-corrected chi connectivity index (χ4v) is 1.61. The molecule has 0 unspecified atom stereocenters. The van der Waals surface area contributed by atoms with E-state index < -0.39 is 0 Å². The van der Waals surface area contributed by atoms with E-state index in [0.717, 1.165) is 12.4 Å². The topological polar surface area (TPSA) is 29.0 Å². The van der Waals surface area contributed by atoms with Gasteiger partial charge in [-0.25, -0.2) is 4.98 Å². The van der Waals surface area contributed by atoms with E-state index in [-0.39, 0.29) is 0 Å². The zero-order chi connectivity index (χ0) is 9.26. The predicted octanol–water partition coefficient (Wildman–Crippen LogP) is 2.12. The second-order valence-corrected chi connectivity index (χ2v) is 3.60. The lowest BCUT2D eigenvalue weighted by atomic mass is 10.4. The van der Waals surface area contributed by atoms with Gasteiger partial charge < -0.3 is 4.90 Å². The number of anilines is 1. The van der Waals surface area contributed by atoms with Crippen LogP contribution in [0, 0.1) is 0 Å². The summed E-state index contributed by atoms with van der Waals surface area (Å²) in [5.74, 6) is 0.900. The molecular formula is C9H12ClN3. The molecule has 1 aromatic heterocycles. The molecule has 1 fully saturated rings. The highest BCUT2D eigenvalue weighted by molar-refractivity contribution is 6.29. The van der Waals surface area contributed by atoms with Crippen LogP contribution in [0.3, 0.4) is 0 Å². The average Bonchev–Trinajstić information content (AvgIpc) is 2.90. The maximum absolute atomic E-state index is 5.77. The van der Waals surface area contributed by atoms with Gasteiger partial charge in [-0.3, -0.25) is 4.98 Å². The molecule has 0 aliphatic heterocycles. The van der Waals surface area contributed by atoms with Crippen molar-refractivity contribution in [2.45, 2.75) is 25.8 Å². The van der Waals surface area contributed by atoms with Crippen LogP contribution in [0.2, 0.25) is 5.15 Å². The number of halogens is 1. The van der Waals surface area contributed by atoms with Gasteiger partial charge in [0.1, 0.15) is 11.0 Å². The molecule has 0 aromatic carbocycles. The lowest BCUT2D eigenvalue weighted by Gasteiger charge is -2.20. The molecule has 0 bridgehead atoms. The Bertz CT molecular complexity index is 299. The first-order valence-corrected chi connectivity index (χ1v) is 4.93. The van der Waals surface area contributed by atoms with Gasteiger partial charge >= 0.3 is 0 Å². The van der Waals surface area contributed by atoms with E-state index in [4.69, 9.17) is 11.6 Å².